The normalized spacial score (nSPS) is 14.7. The number of aromatic amines is 1. The van der Waals surface area contributed by atoms with Gasteiger partial charge in [0.05, 0.1) is 19.9 Å². The third-order valence-corrected chi connectivity index (χ3v) is 5.10. The maximum absolute atomic E-state index is 12.7. The van der Waals surface area contributed by atoms with Crippen LogP contribution in [0.15, 0.2) is 29.2 Å². The number of nitrogens with one attached hydrogen (secondary N) is 2. The Hall–Kier alpha value is -3.69. The number of benzene rings is 1. The van der Waals surface area contributed by atoms with Crippen LogP contribution in [0.1, 0.15) is 35.3 Å². The number of carbonyl (C=O) groups is 1. The number of anilines is 1. The first-order chi connectivity index (χ1) is 14.0. The molecule has 0 saturated carbocycles. The van der Waals surface area contributed by atoms with E-state index in [2.05, 4.69) is 32.9 Å². The van der Waals surface area contributed by atoms with Crippen molar-refractivity contribution in [2.45, 2.75) is 25.8 Å². The minimum absolute atomic E-state index is 0.00587. The molecule has 1 aromatic carbocycles. The van der Waals surface area contributed by atoms with Gasteiger partial charge in [-0.15, -0.1) is 5.10 Å². The van der Waals surface area contributed by atoms with Crippen molar-refractivity contribution in [1.82, 2.24) is 25.2 Å². The lowest BCUT2D eigenvalue weighted by molar-refractivity contribution is 0.102. The lowest BCUT2D eigenvalue weighted by Crippen LogP contribution is -2.28. The van der Waals surface area contributed by atoms with Crippen molar-refractivity contribution < 1.29 is 14.3 Å². The van der Waals surface area contributed by atoms with Crippen LogP contribution in [0.5, 0.6) is 11.5 Å². The molecule has 0 aliphatic carbocycles. The highest BCUT2D eigenvalue weighted by molar-refractivity contribution is 6.03. The molecule has 150 valence electrons. The van der Waals surface area contributed by atoms with Crippen molar-refractivity contribution in [3.63, 3.8) is 0 Å². The number of amides is 1. The molecule has 2 N–H and O–H groups in total. The first-order valence-corrected chi connectivity index (χ1v) is 9.12. The molecule has 0 bridgehead atoms. The molecule has 0 unspecified atom stereocenters. The molecule has 3 heterocycles. The Morgan fingerprint density at radius 2 is 2.03 bits per heavy atom. The van der Waals surface area contributed by atoms with Gasteiger partial charge in [-0.25, -0.2) is 0 Å². The smallest absolute Gasteiger partial charge is 0.270 e. The van der Waals surface area contributed by atoms with Crippen LogP contribution in [-0.2, 0) is 6.42 Å². The molecule has 29 heavy (non-hydrogen) atoms. The van der Waals surface area contributed by atoms with E-state index in [1.54, 1.807) is 20.4 Å². The average molecular weight is 396 g/mol. The van der Waals surface area contributed by atoms with E-state index in [4.69, 9.17) is 9.47 Å². The molecule has 0 spiro atoms. The fourth-order valence-electron chi connectivity index (χ4n) is 3.64. The van der Waals surface area contributed by atoms with Crippen molar-refractivity contribution in [3.05, 3.63) is 45.7 Å². The number of tetrazole rings is 1. The summed E-state index contributed by atoms with van der Waals surface area (Å²) in [6.45, 7) is 2.07. The number of pyridine rings is 1. The highest BCUT2D eigenvalue weighted by Gasteiger charge is 2.27. The summed E-state index contributed by atoms with van der Waals surface area (Å²) in [6, 6.07) is 5.39. The molecule has 1 aliphatic rings. The molecule has 0 fully saturated rings. The number of aromatic nitrogens is 5. The van der Waals surface area contributed by atoms with Crippen LogP contribution in [0.4, 0.5) is 5.95 Å². The van der Waals surface area contributed by atoms with Gasteiger partial charge in [0, 0.05) is 23.9 Å². The fraction of sp³-hybridized carbons (Fsp3) is 0.316. The number of carbonyl (C=O) groups excluding carboxylic acids is 1. The van der Waals surface area contributed by atoms with E-state index in [9.17, 15) is 9.59 Å². The van der Waals surface area contributed by atoms with Crippen LogP contribution >= 0.6 is 0 Å². The van der Waals surface area contributed by atoms with Gasteiger partial charge in [0.25, 0.3) is 11.9 Å². The maximum Gasteiger partial charge on any atom is 0.270 e. The number of hydrogen-bond acceptors (Lipinski definition) is 7. The van der Waals surface area contributed by atoms with Crippen molar-refractivity contribution in [2.75, 3.05) is 19.5 Å². The summed E-state index contributed by atoms with van der Waals surface area (Å²) in [5, 5.41) is 15.5. The van der Waals surface area contributed by atoms with Crippen LogP contribution in [0, 0.1) is 0 Å². The number of methoxy groups -OCH3 is 2. The molecule has 0 saturated heterocycles. The predicted octanol–water partition coefficient (Wildman–Crippen LogP) is 1.81. The van der Waals surface area contributed by atoms with Crippen molar-refractivity contribution in [3.8, 4) is 22.8 Å². The highest BCUT2D eigenvalue weighted by Crippen LogP contribution is 2.41. The third-order valence-electron chi connectivity index (χ3n) is 5.10. The van der Waals surface area contributed by atoms with Crippen molar-refractivity contribution in [1.29, 1.82) is 0 Å². The van der Waals surface area contributed by atoms with E-state index < -0.39 is 11.3 Å². The minimum Gasteiger partial charge on any atom is -0.493 e. The Kier molecular flexibility index (Phi) is 4.75. The Morgan fingerprint density at radius 1 is 1.28 bits per heavy atom. The second kappa shape index (κ2) is 7.38. The van der Waals surface area contributed by atoms with Gasteiger partial charge in [0.2, 0.25) is 0 Å². The number of nitrogens with zero attached hydrogens (tertiary/aromatic N) is 4. The first-order valence-electron chi connectivity index (χ1n) is 9.12. The lowest BCUT2D eigenvalue weighted by atomic mass is 9.90. The van der Waals surface area contributed by atoms with E-state index >= 15 is 0 Å². The quantitative estimate of drug-likeness (QED) is 0.674. The second-order valence-electron chi connectivity index (χ2n) is 6.66. The molecule has 2 aromatic heterocycles. The van der Waals surface area contributed by atoms with Crippen LogP contribution in [-0.4, -0.2) is 45.3 Å². The average Bonchev–Trinajstić information content (AvgIpc) is 3.24. The molecule has 10 heteroatoms. The SMILES string of the molecule is CC[C@@H]1Cc2cc(OC)c(OC)cc2-c2cc(=O)c(C(=O)Nc3nn[nH]n3)cn21. The Morgan fingerprint density at radius 3 is 2.69 bits per heavy atom. The zero-order chi connectivity index (χ0) is 20.5. The zero-order valence-corrected chi connectivity index (χ0v) is 16.2. The Bertz CT molecular complexity index is 1120. The number of rotatable bonds is 5. The maximum atomic E-state index is 12.7. The zero-order valence-electron chi connectivity index (χ0n) is 16.2. The number of H-pyrrole nitrogens is 1. The van der Waals surface area contributed by atoms with E-state index in [1.807, 2.05) is 16.7 Å². The summed E-state index contributed by atoms with van der Waals surface area (Å²) in [4.78, 5) is 25.3. The summed E-state index contributed by atoms with van der Waals surface area (Å²) in [5.74, 6) is 0.651. The molecular formula is C19H20N6O4. The van der Waals surface area contributed by atoms with Gasteiger partial charge in [-0.2, -0.15) is 5.21 Å². The van der Waals surface area contributed by atoms with Gasteiger partial charge in [-0.1, -0.05) is 12.0 Å². The molecule has 4 rings (SSSR count). The molecular weight excluding hydrogens is 376 g/mol. The Balaban J connectivity index is 1.83. The van der Waals surface area contributed by atoms with Crippen LogP contribution in [0.25, 0.3) is 11.3 Å². The van der Waals surface area contributed by atoms with Crippen LogP contribution < -0.4 is 20.2 Å². The fourth-order valence-corrected chi connectivity index (χ4v) is 3.64. The summed E-state index contributed by atoms with van der Waals surface area (Å²) in [7, 11) is 3.16. The minimum atomic E-state index is -0.584. The van der Waals surface area contributed by atoms with Gasteiger partial charge in [-0.05, 0) is 35.8 Å². The first kappa shape index (κ1) is 18.7. The van der Waals surface area contributed by atoms with E-state index in [0.717, 1.165) is 29.7 Å². The number of fused-ring (bicyclic) bond motifs is 3. The Labute approximate surface area is 165 Å². The highest BCUT2D eigenvalue weighted by atomic mass is 16.5. The van der Waals surface area contributed by atoms with Crippen molar-refractivity contribution >= 4 is 11.9 Å². The lowest BCUT2D eigenvalue weighted by Gasteiger charge is -2.31. The van der Waals surface area contributed by atoms with Gasteiger partial charge in [0.15, 0.2) is 16.9 Å². The summed E-state index contributed by atoms with van der Waals surface area (Å²) >= 11 is 0. The van der Waals surface area contributed by atoms with Gasteiger partial charge in [-0.3, -0.25) is 14.9 Å². The van der Waals surface area contributed by atoms with Gasteiger partial charge >= 0.3 is 0 Å². The molecule has 3 aromatic rings. The van der Waals surface area contributed by atoms with E-state index in [0.29, 0.717) is 11.5 Å². The number of ether oxygens (including phenoxy) is 2. The summed E-state index contributed by atoms with van der Waals surface area (Å²) in [6.07, 6.45) is 3.17. The van der Waals surface area contributed by atoms with E-state index in [1.165, 1.54) is 6.07 Å². The summed E-state index contributed by atoms with van der Waals surface area (Å²) < 4.78 is 12.8. The topological polar surface area (TPSA) is 124 Å². The summed E-state index contributed by atoms with van der Waals surface area (Å²) in [5.41, 5.74) is 2.31. The third kappa shape index (κ3) is 3.22. The van der Waals surface area contributed by atoms with Crippen LogP contribution in [0.2, 0.25) is 0 Å². The number of hydrogen-bond donors (Lipinski definition) is 2. The molecule has 1 amide bonds. The molecule has 10 nitrogen and oxygen atoms in total. The molecule has 1 atom stereocenters. The van der Waals surface area contributed by atoms with Crippen LogP contribution in [0.3, 0.4) is 0 Å². The second-order valence-corrected chi connectivity index (χ2v) is 6.66. The monoisotopic (exact) mass is 396 g/mol. The van der Waals surface area contributed by atoms with Crippen molar-refractivity contribution in [2.24, 2.45) is 0 Å². The standard InChI is InChI=1S/C19H20N6O4/c1-4-11-5-10-6-16(28-2)17(29-3)7-12(10)14-8-15(26)13(9-25(11)14)18(27)20-19-21-23-24-22-19/h6-9,11H,4-5H2,1-3H3,(H2,20,21,22,23,24,27)/t11-/m1/s1. The largest absolute Gasteiger partial charge is 0.493 e. The molecule has 1 aliphatic heterocycles. The molecule has 0 radical (unpaired) electrons. The van der Waals surface area contributed by atoms with E-state index in [-0.39, 0.29) is 17.6 Å². The van der Waals surface area contributed by atoms with Gasteiger partial charge < -0.3 is 14.0 Å². The predicted molar refractivity (Wildman–Crippen MR) is 104 cm³/mol. The van der Waals surface area contributed by atoms with Gasteiger partial charge in [0.1, 0.15) is 5.56 Å².